The Labute approximate surface area is 100 Å². The number of hydrogen-bond donors (Lipinski definition) is 0. The van der Waals surface area contributed by atoms with E-state index in [0.29, 0.717) is 0 Å². The molecule has 0 heterocycles. The standard InChI is InChI=1S/C10H22N2.Sn/c1-9(2,3)11-7-8-12-10(4,5)6;/h7-8H2,1-6H3;/q-2;+2. The summed E-state index contributed by atoms with van der Waals surface area (Å²) in [6.45, 7) is 14.4. The van der Waals surface area contributed by atoms with Gasteiger partial charge in [0.1, 0.15) is 0 Å². The van der Waals surface area contributed by atoms with Crippen LogP contribution in [0.1, 0.15) is 41.5 Å². The average Bonchev–Trinajstić information content (AvgIpc) is 1.76. The molecule has 0 bridgehead atoms. The fourth-order valence-corrected chi connectivity index (χ4v) is 0.771. The molecule has 0 fully saturated rings. The van der Waals surface area contributed by atoms with E-state index < -0.39 is 0 Å². The molecule has 2 radical (unpaired) electrons. The molecule has 0 saturated carbocycles. The van der Waals surface area contributed by atoms with Gasteiger partial charge in [0, 0.05) is 0 Å². The Morgan fingerprint density at radius 3 is 1.08 bits per heavy atom. The first-order valence-electron chi connectivity index (χ1n) is 4.58. The molecule has 0 saturated heterocycles. The maximum Gasteiger partial charge on any atom is 2.00 e. The fourth-order valence-electron chi connectivity index (χ4n) is 0.771. The second-order valence-electron chi connectivity index (χ2n) is 5.11. The first-order chi connectivity index (χ1) is 5.21. The van der Waals surface area contributed by atoms with Crippen LogP contribution in [-0.4, -0.2) is 48.1 Å². The Bertz CT molecular complexity index is 106. The van der Waals surface area contributed by atoms with Gasteiger partial charge < -0.3 is 10.6 Å². The van der Waals surface area contributed by atoms with Gasteiger partial charge in [-0.25, -0.2) is 0 Å². The van der Waals surface area contributed by atoms with Crippen LogP contribution in [0.5, 0.6) is 0 Å². The fraction of sp³-hybridized carbons (Fsp3) is 1.00. The van der Waals surface area contributed by atoms with Gasteiger partial charge in [0.2, 0.25) is 0 Å². The van der Waals surface area contributed by atoms with Crippen LogP contribution in [-0.2, 0) is 0 Å². The summed E-state index contributed by atoms with van der Waals surface area (Å²) in [5, 5.41) is 8.93. The quantitative estimate of drug-likeness (QED) is 0.564. The molecule has 0 unspecified atom stereocenters. The van der Waals surface area contributed by atoms with Crippen LogP contribution in [0.15, 0.2) is 0 Å². The predicted molar refractivity (Wildman–Crippen MR) is 61.7 cm³/mol. The van der Waals surface area contributed by atoms with Crippen LogP contribution in [0.4, 0.5) is 0 Å². The molecule has 0 amide bonds. The molecule has 0 aromatic carbocycles. The van der Waals surface area contributed by atoms with Gasteiger partial charge in [0.25, 0.3) is 0 Å². The maximum absolute atomic E-state index is 4.47. The Morgan fingerprint density at radius 2 is 0.923 bits per heavy atom. The van der Waals surface area contributed by atoms with Crippen LogP contribution in [0, 0.1) is 0 Å². The van der Waals surface area contributed by atoms with Crippen molar-refractivity contribution < 1.29 is 0 Å². The van der Waals surface area contributed by atoms with E-state index in [0.717, 1.165) is 13.1 Å². The molecule has 0 aromatic rings. The van der Waals surface area contributed by atoms with E-state index in [9.17, 15) is 0 Å². The Morgan fingerprint density at radius 1 is 0.692 bits per heavy atom. The van der Waals surface area contributed by atoms with Gasteiger partial charge in [-0.2, -0.15) is 13.1 Å². The summed E-state index contributed by atoms with van der Waals surface area (Å²) in [6.07, 6.45) is 0. The molecular weight excluding hydrogens is 267 g/mol. The molecule has 0 aromatic heterocycles. The summed E-state index contributed by atoms with van der Waals surface area (Å²) >= 11 is 0. The van der Waals surface area contributed by atoms with E-state index in [2.05, 4.69) is 52.2 Å². The monoisotopic (exact) mass is 290 g/mol. The summed E-state index contributed by atoms with van der Waals surface area (Å²) in [5.74, 6) is 0. The van der Waals surface area contributed by atoms with E-state index in [1.165, 1.54) is 0 Å². The van der Waals surface area contributed by atoms with Gasteiger partial charge in [-0.3, -0.25) is 0 Å². The van der Waals surface area contributed by atoms with Crippen molar-refractivity contribution in [3.63, 3.8) is 0 Å². The Balaban J connectivity index is 0. The zero-order valence-electron chi connectivity index (χ0n) is 9.81. The molecule has 0 aliphatic carbocycles. The van der Waals surface area contributed by atoms with Crippen LogP contribution >= 0.6 is 0 Å². The van der Waals surface area contributed by atoms with Gasteiger partial charge in [0.05, 0.1) is 0 Å². The van der Waals surface area contributed by atoms with Crippen LogP contribution < -0.4 is 0 Å². The second-order valence-corrected chi connectivity index (χ2v) is 5.11. The van der Waals surface area contributed by atoms with Crippen molar-refractivity contribution in [1.82, 2.24) is 0 Å². The Hall–Kier alpha value is 0.719. The molecule has 2 nitrogen and oxygen atoms in total. The van der Waals surface area contributed by atoms with Gasteiger partial charge in [0.15, 0.2) is 0 Å². The van der Waals surface area contributed by atoms with Crippen LogP contribution in [0.25, 0.3) is 10.6 Å². The minimum atomic E-state index is 0. The molecule has 0 rings (SSSR count). The largest absolute Gasteiger partial charge is 2.00 e. The van der Waals surface area contributed by atoms with Crippen molar-refractivity contribution in [2.75, 3.05) is 13.1 Å². The molecular formula is C10H22N2Sn. The summed E-state index contributed by atoms with van der Waals surface area (Å²) in [7, 11) is 0. The normalized spacial score (nSPS) is 12.5. The summed E-state index contributed by atoms with van der Waals surface area (Å²) in [6, 6.07) is 0. The topological polar surface area (TPSA) is 28.2 Å². The molecule has 76 valence electrons. The third kappa shape index (κ3) is 15.5. The summed E-state index contributed by atoms with van der Waals surface area (Å²) < 4.78 is 0. The molecule has 0 aliphatic rings. The average molecular weight is 289 g/mol. The zero-order chi connectivity index (χ0) is 9.83. The van der Waals surface area contributed by atoms with Crippen molar-refractivity contribution in [2.24, 2.45) is 0 Å². The first kappa shape index (κ1) is 16.2. The first-order valence-corrected chi connectivity index (χ1v) is 4.58. The summed E-state index contributed by atoms with van der Waals surface area (Å²) in [4.78, 5) is 0. The predicted octanol–water partition coefficient (Wildman–Crippen LogP) is 2.95. The van der Waals surface area contributed by atoms with Gasteiger partial charge in [-0.15, -0.1) is 11.1 Å². The van der Waals surface area contributed by atoms with Crippen molar-refractivity contribution >= 4 is 23.9 Å². The second kappa shape index (κ2) is 6.25. The smallest absolute Gasteiger partial charge is 0.659 e. The van der Waals surface area contributed by atoms with E-state index >= 15 is 0 Å². The molecule has 0 aliphatic heterocycles. The molecule has 0 atom stereocenters. The summed E-state index contributed by atoms with van der Waals surface area (Å²) in [5.41, 5.74) is 0.181. The molecule has 13 heavy (non-hydrogen) atoms. The van der Waals surface area contributed by atoms with Gasteiger partial charge in [-0.1, -0.05) is 41.5 Å². The number of rotatable bonds is 3. The third-order valence-electron chi connectivity index (χ3n) is 1.27. The van der Waals surface area contributed by atoms with Gasteiger partial charge in [-0.05, 0) is 0 Å². The van der Waals surface area contributed by atoms with Gasteiger partial charge >= 0.3 is 23.9 Å². The minimum absolute atomic E-state index is 0. The molecule has 0 spiro atoms. The van der Waals surface area contributed by atoms with Crippen molar-refractivity contribution in [1.29, 1.82) is 0 Å². The molecule has 0 N–H and O–H groups in total. The number of nitrogens with zero attached hydrogens (tertiary/aromatic N) is 2. The maximum atomic E-state index is 4.47. The number of hydrogen-bond acceptors (Lipinski definition) is 0. The zero-order valence-corrected chi connectivity index (χ0v) is 12.7. The third-order valence-corrected chi connectivity index (χ3v) is 1.27. The van der Waals surface area contributed by atoms with Crippen molar-refractivity contribution in [2.45, 2.75) is 52.6 Å². The van der Waals surface area contributed by atoms with Crippen LogP contribution in [0.3, 0.4) is 0 Å². The van der Waals surface area contributed by atoms with E-state index in [1.54, 1.807) is 0 Å². The SMILES string of the molecule is CC(C)(C)[N-]CC[N-]C(C)(C)C.[Sn+2]. The van der Waals surface area contributed by atoms with E-state index in [1.807, 2.05) is 0 Å². The van der Waals surface area contributed by atoms with Crippen molar-refractivity contribution in [3.05, 3.63) is 10.6 Å². The van der Waals surface area contributed by atoms with E-state index in [-0.39, 0.29) is 35.0 Å². The Kier molecular flexibility index (Phi) is 7.77. The van der Waals surface area contributed by atoms with Crippen molar-refractivity contribution in [3.8, 4) is 0 Å². The van der Waals surface area contributed by atoms with E-state index in [4.69, 9.17) is 0 Å². The minimum Gasteiger partial charge on any atom is -0.659 e. The molecule has 3 heteroatoms. The van der Waals surface area contributed by atoms with Crippen LogP contribution in [0.2, 0.25) is 0 Å².